The van der Waals surface area contributed by atoms with Crippen LogP contribution in [0.2, 0.25) is 0 Å². The van der Waals surface area contributed by atoms with Crippen molar-refractivity contribution in [3.8, 4) is 0 Å². The number of carbonyl (C=O) groups is 1. The van der Waals surface area contributed by atoms with E-state index in [2.05, 4.69) is 19.2 Å². The molecule has 0 spiro atoms. The molecule has 3 aromatic carbocycles. The number of amides is 1. The van der Waals surface area contributed by atoms with Gasteiger partial charge in [-0.05, 0) is 47.9 Å². The van der Waals surface area contributed by atoms with Gasteiger partial charge in [0.2, 0.25) is 5.91 Å². The van der Waals surface area contributed by atoms with Gasteiger partial charge < -0.3 is 5.32 Å². The van der Waals surface area contributed by atoms with E-state index >= 15 is 0 Å². The summed E-state index contributed by atoms with van der Waals surface area (Å²) in [6.07, 6.45) is 0. The van der Waals surface area contributed by atoms with Gasteiger partial charge in [0.15, 0.2) is 0 Å². The number of nitrogens with zero attached hydrogens (tertiary/aromatic N) is 1. The van der Waals surface area contributed by atoms with Crippen molar-refractivity contribution in [2.45, 2.75) is 25.8 Å². The van der Waals surface area contributed by atoms with Gasteiger partial charge in [-0.1, -0.05) is 74.5 Å². The largest absolute Gasteiger partial charge is 0.325 e. The summed E-state index contributed by atoms with van der Waals surface area (Å²) in [5, 5.41) is 3.05. The number of nitrogens with one attached hydrogen (secondary N) is 1. The molecule has 0 saturated carbocycles. The normalized spacial score (nSPS) is 12.2. The zero-order valence-corrected chi connectivity index (χ0v) is 17.1. The predicted molar refractivity (Wildman–Crippen MR) is 116 cm³/mol. The zero-order chi connectivity index (χ0) is 20.8. The topological polar surface area (TPSA) is 32.3 Å². The van der Waals surface area contributed by atoms with Crippen LogP contribution < -0.4 is 5.32 Å². The first-order valence-corrected chi connectivity index (χ1v) is 9.85. The molecule has 1 N–H and O–H groups in total. The van der Waals surface area contributed by atoms with E-state index in [9.17, 15) is 9.18 Å². The van der Waals surface area contributed by atoms with Crippen molar-refractivity contribution in [3.05, 3.63) is 101 Å². The molecule has 0 aliphatic carbocycles. The second-order valence-corrected chi connectivity index (χ2v) is 7.57. The summed E-state index contributed by atoms with van der Waals surface area (Å²) in [6, 6.07) is 24.1. The minimum Gasteiger partial charge on any atom is -0.325 e. The number of carbonyl (C=O) groups excluding carboxylic acids is 1. The van der Waals surface area contributed by atoms with Crippen LogP contribution in [-0.2, 0) is 4.79 Å². The second kappa shape index (κ2) is 9.48. The fourth-order valence-corrected chi connectivity index (χ4v) is 3.60. The molecule has 0 bridgehead atoms. The first kappa shape index (κ1) is 20.7. The molecule has 3 aromatic rings. The van der Waals surface area contributed by atoms with Crippen LogP contribution in [0.25, 0.3) is 0 Å². The molecule has 0 heterocycles. The molecule has 0 aromatic heterocycles. The number of hydrogen-bond donors (Lipinski definition) is 1. The van der Waals surface area contributed by atoms with Gasteiger partial charge in [-0.15, -0.1) is 0 Å². The third-order valence-electron chi connectivity index (χ3n) is 4.99. The SMILES string of the molecule is CC(C)c1ccccc1NC(=O)CN(C)C(c1ccccc1)c1ccc(F)cc1. The highest BCUT2D eigenvalue weighted by atomic mass is 19.1. The molecule has 0 saturated heterocycles. The number of halogens is 1. The molecule has 0 aliphatic rings. The number of para-hydroxylation sites is 1. The van der Waals surface area contributed by atoms with E-state index in [1.165, 1.54) is 12.1 Å². The fourth-order valence-electron chi connectivity index (χ4n) is 3.60. The lowest BCUT2D eigenvalue weighted by atomic mass is 9.97. The standard InChI is InChI=1S/C25H27FN2O/c1-18(2)22-11-7-8-12-23(22)27-24(29)17-28(3)25(19-9-5-4-6-10-19)20-13-15-21(26)16-14-20/h4-16,18,25H,17H2,1-3H3,(H,27,29). The molecule has 0 aliphatic heterocycles. The Morgan fingerprint density at radius 1 is 0.897 bits per heavy atom. The Kier molecular flexibility index (Phi) is 6.78. The smallest absolute Gasteiger partial charge is 0.238 e. The van der Waals surface area contributed by atoms with Gasteiger partial charge >= 0.3 is 0 Å². The van der Waals surface area contributed by atoms with E-state index in [0.29, 0.717) is 5.92 Å². The first-order valence-electron chi connectivity index (χ1n) is 9.85. The van der Waals surface area contributed by atoms with Crippen molar-refractivity contribution in [3.63, 3.8) is 0 Å². The van der Waals surface area contributed by atoms with E-state index in [1.807, 2.05) is 66.5 Å². The summed E-state index contributed by atoms with van der Waals surface area (Å²) in [5.41, 5.74) is 3.95. The highest BCUT2D eigenvalue weighted by Crippen LogP contribution is 2.28. The molecule has 29 heavy (non-hydrogen) atoms. The monoisotopic (exact) mass is 390 g/mol. The van der Waals surface area contributed by atoms with Crippen molar-refractivity contribution in [1.82, 2.24) is 4.90 Å². The fraction of sp³-hybridized carbons (Fsp3) is 0.240. The maximum Gasteiger partial charge on any atom is 0.238 e. The molecular formula is C25H27FN2O. The highest BCUT2D eigenvalue weighted by molar-refractivity contribution is 5.93. The number of hydrogen-bond acceptors (Lipinski definition) is 2. The summed E-state index contributed by atoms with van der Waals surface area (Å²) >= 11 is 0. The predicted octanol–water partition coefficient (Wildman–Crippen LogP) is 5.61. The van der Waals surface area contributed by atoms with Gasteiger partial charge in [0.05, 0.1) is 12.6 Å². The Morgan fingerprint density at radius 2 is 1.48 bits per heavy atom. The Bertz CT molecular complexity index is 939. The average Bonchev–Trinajstić information content (AvgIpc) is 2.70. The van der Waals surface area contributed by atoms with E-state index < -0.39 is 0 Å². The van der Waals surface area contributed by atoms with Crippen LogP contribution in [0.5, 0.6) is 0 Å². The quantitative estimate of drug-likeness (QED) is 0.569. The van der Waals surface area contributed by atoms with E-state index in [-0.39, 0.29) is 24.3 Å². The lowest BCUT2D eigenvalue weighted by Crippen LogP contribution is -2.34. The second-order valence-electron chi connectivity index (χ2n) is 7.57. The minimum atomic E-state index is -0.272. The number of rotatable bonds is 7. The molecule has 3 nitrogen and oxygen atoms in total. The Morgan fingerprint density at radius 3 is 2.14 bits per heavy atom. The van der Waals surface area contributed by atoms with Crippen molar-refractivity contribution in [1.29, 1.82) is 0 Å². The molecular weight excluding hydrogens is 363 g/mol. The lowest BCUT2D eigenvalue weighted by molar-refractivity contribution is -0.117. The van der Waals surface area contributed by atoms with Gasteiger partial charge in [-0.3, -0.25) is 9.69 Å². The number of likely N-dealkylation sites (N-methyl/N-ethyl adjacent to an activating group) is 1. The summed E-state index contributed by atoms with van der Waals surface area (Å²) in [6.45, 7) is 4.43. The van der Waals surface area contributed by atoms with Crippen LogP contribution in [0, 0.1) is 5.82 Å². The van der Waals surface area contributed by atoms with Crippen LogP contribution in [0.3, 0.4) is 0 Å². The van der Waals surface area contributed by atoms with Crippen molar-refractivity contribution in [2.24, 2.45) is 0 Å². The van der Waals surface area contributed by atoms with Crippen LogP contribution in [0.15, 0.2) is 78.9 Å². The van der Waals surface area contributed by atoms with Gasteiger partial charge in [0.25, 0.3) is 0 Å². The molecule has 3 rings (SSSR count). The summed E-state index contributed by atoms with van der Waals surface area (Å²) < 4.78 is 13.4. The van der Waals surface area contributed by atoms with E-state index in [4.69, 9.17) is 0 Å². The summed E-state index contributed by atoms with van der Waals surface area (Å²) in [7, 11) is 1.91. The third-order valence-corrected chi connectivity index (χ3v) is 4.99. The Labute approximate surface area is 172 Å². The Hall–Kier alpha value is -2.98. The lowest BCUT2D eigenvalue weighted by Gasteiger charge is -2.28. The van der Waals surface area contributed by atoms with Crippen molar-refractivity contribution in [2.75, 3.05) is 18.9 Å². The highest BCUT2D eigenvalue weighted by Gasteiger charge is 2.22. The first-order chi connectivity index (χ1) is 14.0. The molecule has 4 heteroatoms. The third kappa shape index (κ3) is 5.30. The average molecular weight is 391 g/mol. The van der Waals surface area contributed by atoms with E-state index in [0.717, 1.165) is 22.4 Å². The van der Waals surface area contributed by atoms with Crippen LogP contribution in [0.1, 0.15) is 42.5 Å². The maximum absolute atomic E-state index is 13.4. The molecule has 150 valence electrons. The molecule has 1 amide bonds. The van der Waals surface area contributed by atoms with Crippen LogP contribution >= 0.6 is 0 Å². The Balaban J connectivity index is 1.81. The minimum absolute atomic E-state index is 0.0800. The molecule has 1 unspecified atom stereocenters. The van der Waals surface area contributed by atoms with Gasteiger partial charge in [-0.2, -0.15) is 0 Å². The van der Waals surface area contributed by atoms with Gasteiger partial charge in [0, 0.05) is 5.69 Å². The summed E-state index contributed by atoms with van der Waals surface area (Å²) in [4.78, 5) is 14.8. The maximum atomic E-state index is 13.4. The number of anilines is 1. The zero-order valence-electron chi connectivity index (χ0n) is 17.1. The van der Waals surface area contributed by atoms with Crippen molar-refractivity contribution < 1.29 is 9.18 Å². The summed E-state index contributed by atoms with van der Waals surface area (Å²) in [5.74, 6) is -0.0320. The van der Waals surface area contributed by atoms with Gasteiger partial charge in [0.1, 0.15) is 5.82 Å². The van der Waals surface area contributed by atoms with E-state index in [1.54, 1.807) is 12.1 Å². The molecule has 0 fully saturated rings. The van der Waals surface area contributed by atoms with Crippen LogP contribution in [-0.4, -0.2) is 24.4 Å². The number of benzene rings is 3. The molecule has 0 radical (unpaired) electrons. The van der Waals surface area contributed by atoms with Crippen LogP contribution in [0.4, 0.5) is 10.1 Å². The van der Waals surface area contributed by atoms with Gasteiger partial charge in [-0.25, -0.2) is 4.39 Å². The molecule has 1 atom stereocenters. The van der Waals surface area contributed by atoms with Crippen molar-refractivity contribution >= 4 is 11.6 Å².